The standard InChI is InChI=1S/C19H19Cl2N5O4S/c1-9-12(3-2-4-14(9)26(29)30)17(27)23-15-16(22)24-19(25-18(15)28)31-8-10-5-6-11(20)7-13(10)21/h2-7,15-16,19,24H,8,22H2,1H3,(H,23,27)(H,25,28). The van der Waals surface area contributed by atoms with E-state index >= 15 is 0 Å². The molecule has 0 bridgehead atoms. The van der Waals surface area contributed by atoms with Crippen LogP contribution >= 0.6 is 35.0 Å². The van der Waals surface area contributed by atoms with Gasteiger partial charge in [-0.2, -0.15) is 0 Å². The van der Waals surface area contributed by atoms with Crippen molar-refractivity contribution in [2.75, 3.05) is 0 Å². The normalized spacial score (nSPS) is 20.8. The number of thioether (sulfide) groups is 1. The Morgan fingerprint density at radius 3 is 2.71 bits per heavy atom. The number of hydrogen-bond acceptors (Lipinski definition) is 7. The molecule has 0 spiro atoms. The number of nitro groups is 1. The fourth-order valence-electron chi connectivity index (χ4n) is 3.04. The maximum absolute atomic E-state index is 12.6. The minimum atomic E-state index is -1.05. The van der Waals surface area contributed by atoms with E-state index in [4.69, 9.17) is 28.9 Å². The average Bonchev–Trinajstić information content (AvgIpc) is 2.70. The summed E-state index contributed by atoms with van der Waals surface area (Å²) in [4.78, 5) is 35.7. The van der Waals surface area contributed by atoms with Crippen molar-refractivity contribution in [3.05, 3.63) is 73.2 Å². The lowest BCUT2D eigenvalue weighted by Gasteiger charge is -2.35. The molecule has 2 aromatic carbocycles. The number of carbonyl (C=O) groups is 2. The van der Waals surface area contributed by atoms with Gasteiger partial charge in [0.15, 0.2) is 0 Å². The van der Waals surface area contributed by atoms with Crippen molar-refractivity contribution >= 4 is 52.5 Å². The summed E-state index contributed by atoms with van der Waals surface area (Å²) in [5.74, 6) is -0.607. The molecule has 9 nitrogen and oxygen atoms in total. The zero-order chi connectivity index (χ0) is 22.7. The van der Waals surface area contributed by atoms with Gasteiger partial charge in [-0.25, -0.2) is 0 Å². The monoisotopic (exact) mass is 483 g/mol. The van der Waals surface area contributed by atoms with Crippen molar-refractivity contribution < 1.29 is 14.5 Å². The first kappa shape index (κ1) is 23.3. The van der Waals surface area contributed by atoms with Gasteiger partial charge >= 0.3 is 0 Å². The Morgan fingerprint density at radius 1 is 1.32 bits per heavy atom. The molecule has 2 aromatic rings. The smallest absolute Gasteiger partial charge is 0.273 e. The molecular weight excluding hydrogens is 465 g/mol. The highest BCUT2D eigenvalue weighted by Crippen LogP contribution is 2.26. The lowest BCUT2D eigenvalue weighted by molar-refractivity contribution is -0.385. The van der Waals surface area contributed by atoms with Gasteiger partial charge in [0.1, 0.15) is 11.5 Å². The maximum atomic E-state index is 12.6. The minimum absolute atomic E-state index is 0.100. The number of halogens is 2. The van der Waals surface area contributed by atoms with Gasteiger partial charge < -0.3 is 16.4 Å². The number of nitrogens with two attached hydrogens (primary N) is 1. The molecule has 0 saturated carbocycles. The van der Waals surface area contributed by atoms with Crippen LogP contribution in [-0.2, 0) is 10.5 Å². The van der Waals surface area contributed by atoms with Crippen molar-refractivity contribution in [2.24, 2.45) is 5.73 Å². The Balaban J connectivity index is 1.63. The van der Waals surface area contributed by atoms with Crippen LogP contribution in [0.3, 0.4) is 0 Å². The van der Waals surface area contributed by atoms with E-state index in [9.17, 15) is 19.7 Å². The summed E-state index contributed by atoms with van der Waals surface area (Å²) in [7, 11) is 0. The van der Waals surface area contributed by atoms with E-state index in [1.807, 2.05) is 0 Å². The summed E-state index contributed by atoms with van der Waals surface area (Å²) < 4.78 is 0. The molecule has 2 amide bonds. The number of nitro benzene ring substituents is 1. The summed E-state index contributed by atoms with van der Waals surface area (Å²) in [5.41, 5.74) is 6.54. The number of hydrogen-bond donors (Lipinski definition) is 4. The molecule has 1 heterocycles. The molecular formula is C19H19Cl2N5O4S. The molecule has 3 unspecified atom stereocenters. The highest BCUT2D eigenvalue weighted by atomic mass is 35.5. The van der Waals surface area contributed by atoms with Crippen LogP contribution in [-0.4, -0.2) is 34.4 Å². The molecule has 3 atom stereocenters. The lowest BCUT2D eigenvalue weighted by Crippen LogP contribution is -2.70. The zero-order valence-corrected chi connectivity index (χ0v) is 18.6. The van der Waals surface area contributed by atoms with Gasteiger partial charge in [0.2, 0.25) is 5.91 Å². The van der Waals surface area contributed by atoms with Crippen LogP contribution in [0.4, 0.5) is 5.69 Å². The number of rotatable bonds is 6. The molecule has 164 valence electrons. The van der Waals surface area contributed by atoms with Gasteiger partial charge in [-0.3, -0.25) is 25.0 Å². The zero-order valence-electron chi connectivity index (χ0n) is 16.2. The molecule has 12 heteroatoms. The van der Waals surface area contributed by atoms with Crippen LogP contribution in [0, 0.1) is 17.0 Å². The first-order chi connectivity index (χ1) is 14.7. The third kappa shape index (κ3) is 5.46. The van der Waals surface area contributed by atoms with Crippen molar-refractivity contribution in [3.63, 3.8) is 0 Å². The van der Waals surface area contributed by atoms with Gasteiger partial charge in [0, 0.05) is 33.0 Å². The lowest BCUT2D eigenvalue weighted by atomic mass is 10.0. The fraction of sp³-hybridized carbons (Fsp3) is 0.263. The highest BCUT2D eigenvalue weighted by Gasteiger charge is 2.36. The van der Waals surface area contributed by atoms with E-state index in [-0.39, 0.29) is 16.8 Å². The Bertz CT molecular complexity index is 1040. The quantitative estimate of drug-likeness (QED) is 0.365. The second kappa shape index (κ2) is 9.84. The number of amides is 2. The Morgan fingerprint density at radius 2 is 2.06 bits per heavy atom. The van der Waals surface area contributed by atoms with E-state index in [0.717, 1.165) is 5.56 Å². The molecule has 3 rings (SSSR count). The average molecular weight is 484 g/mol. The molecule has 1 fully saturated rings. The number of carbonyl (C=O) groups excluding carboxylic acids is 2. The van der Waals surface area contributed by atoms with E-state index in [2.05, 4.69) is 16.0 Å². The molecule has 1 aliphatic heterocycles. The topological polar surface area (TPSA) is 139 Å². The highest BCUT2D eigenvalue weighted by molar-refractivity contribution is 7.99. The summed E-state index contributed by atoms with van der Waals surface area (Å²) in [6.07, 6.45) is -0.866. The van der Waals surface area contributed by atoms with Crippen LogP contribution in [0.2, 0.25) is 10.0 Å². The predicted molar refractivity (Wildman–Crippen MR) is 120 cm³/mol. The Hall–Kier alpha value is -2.37. The van der Waals surface area contributed by atoms with Crippen LogP contribution in [0.25, 0.3) is 0 Å². The third-order valence-corrected chi connectivity index (χ3v) is 6.36. The molecule has 31 heavy (non-hydrogen) atoms. The van der Waals surface area contributed by atoms with Crippen molar-refractivity contribution in [1.82, 2.24) is 16.0 Å². The maximum Gasteiger partial charge on any atom is 0.273 e. The second-order valence-corrected chi connectivity index (χ2v) is 8.72. The van der Waals surface area contributed by atoms with Gasteiger partial charge in [-0.05, 0) is 30.7 Å². The molecule has 1 saturated heterocycles. The number of nitrogens with one attached hydrogen (secondary N) is 3. The molecule has 0 aliphatic carbocycles. The SMILES string of the molecule is Cc1c(C(=O)NC2C(=O)NC(SCc3ccc(Cl)cc3Cl)NC2N)cccc1[N+](=O)[O-]. The van der Waals surface area contributed by atoms with Crippen LogP contribution in [0.5, 0.6) is 0 Å². The van der Waals surface area contributed by atoms with E-state index < -0.39 is 34.4 Å². The predicted octanol–water partition coefficient (Wildman–Crippen LogP) is 2.53. The summed E-state index contributed by atoms with van der Waals surface area (Å²) in [6.45, 7) is 1.47. The van der Waals surface area contributed by atoms with E-state index in [1.165, 1.54) is 36.9 Å². The summed E-state index contributed by atoms with van der Waals surface area (Å²) >= 11 is 13.4. The molecule has 5 N–H and O–H groups in total. The largest absolute Gasteiger partial charge is 0.338 e. The number of benzene rings is 2. The van der Waals surface area contributed by atoms with Gasteiger partial charge in [0.25, 0.3) is 11.6 Å². The molecule has 0 aromatic heterocycles. The molecule has 1 aliphatic rings. The fourth-order valence-corrected chi connectivity index (χ4v) is 4.64. The van der Waals surface area contributed by atoms with E-state index in [0.29, 0.717) is 15.8 Å². The summed E-state index contributed by atoms with van der Waals surface area (Å²) in [5, 5.41) is 20.4. The Kier molecular flexibility index (Phi) is 7.39. The first-order valence-electron chi connectivity index (χ1n) is 9.09. The van der Waals surface area contributed by atoms with Crippen LogP contribution < -0.4 is 21.7 Å². The summed E-state index contributed by atoms with van der Waals surface area (Å²) in [6, 6.07) is 8.28. The number of nitrogens with zero attached hydrogens (tertiary/aromatic N) is 1. The van der Waals surface area contributed by atoms with Crippen molar-refractivity contribution in [3.8, 4) is 0 Å². The van der Waals surface area contributed by atoms with E-state index in [1.54, 1.807) is 18.2 Å². The van der Waals surface area contributed by atoms with Crippen molar-refractivity contribution in [2.45, 2.75) is 30.4 Å². The first-order valence-corrected chi connectivity index (χ1v) is 10.9. The minimum Gasteiger partial charge on any atom is -0.338 e. The van der Waals surface area contributed by atoms with Crippen LogP contribution in [0.1, 0.15) is 21.5 Å². The van der Waals surface area contributed by atoms with Gasteiger partial charge in [-0.1, -0.05) is 35.3 Å². The van der Waals surface area contributed by atoms with Gasteiger partial charge in [0.05, 0.1) is 11.1 Å². The Labute approximate surface area is 192 Å². The van der Waals surface area contributed by atoms with Crippen LogP contribution in [0.15, 0.2) is 36.4 Å². The third-order valence-electron chi connectivity index (χ3n) is 4.71. The van der Waals surface area contributed by atoms with Gasteiger partial charge in [-0.15, -0.1) is 11.8 Å². The second-order valence-electron chi connectivity index (χ2n) is 6.79. The van der Waals surface area contributed by atoms with Crippen molar-refractivity contribution in [1.29, 1.82) is 0 Å². The molecule has 0 radical (unpaired) electrons.